The van der Waals surface area contributed by atoms with Gasteiger partial charge in [0.1, 0.15) is 11.4 Å². The molecule has 4 aromatic rings. The first kappa shape index (κ1) is 24.4. The Morgan fingerprint density at radius 3 is 2.46 bits per heavy atom. The van der Waals surface area contributed by atoms with Crippen LogP contribution in [-0.2, 0) is 4.74 Å². The Balaban J connectivity index is 1.40. The van der Waals surface area contributed by atoms with Crippen LogP contribution in [0.15, 0.2) is 54.9 Å². The Hall–Kier alpha value is -4.31. The number of hydrogen-bond donors (Lipinski definition) is 2. The molecule has 0 amide bonds. The minimum Gasteiger partial charge on any atom is -0.508 e. The van der Waals surface area contributed by atoms with E-state index in [1.807, 2.05) is 61.2 Å². The Morgan fingerprint density at radius 2 is 1.73 bits per heavy atom. The summed E-state index contributed by atoms with van der Waals surface area (Å²) in [4.78, 5) is 21.9. The van der Waals surface area contributed by atoms with E-state index in [1.54, 1.807) is 18.3 Å². The fourth-order valence-corrected chi connectivity index (χ4v) is 4.08. The van der Waals surface area contributed by atoms with Crippen LogP contribution in [0.4, 0.5) is 27.3 Å². The van der Waals surface area contributed by atoms with Crippen molar-refractivity contribution in [3.63, 3.8) is 0 Å². The SMILES string of the molecule is Cc1ccc(-c2ccc(Nc3cc(O)cc(N(C)C)c3)cn2)nc1-c1ncc(F)c(N2CCOCC2)n1. The normalized spacial score (nSPS) is 13.5. The molecule has 3 aromatic heterocycles. The molecular formula is C27H28FN7O2. The summed E-state index contributed by atoms with van der Waals surface area (Å²) in [5.41, 5.74) is 5.17. The largest absolute Gasteiger partial charge is 0.508 e. The third kappa shape index (κ3) is 5.44. The number of aromatic hydroxyl groups is 1. The van der Waals surface area contributed by atoms with Crippen molar-refractivity contribution in [2.45, 2.75) is 6.92 Å². The number of morpholine rings is 1. The van der Waals surface area contributed by atoms with Gasteiger partial charge in [0.2, 0.25) is 0 Å². The van der Waals surface area contributed by atoms with Gasteiger partial charge in [0.05, 0.1) is 42.7 Å². The van der Waals surface area contributed by atoms with Crippen LogP contribution in [0.25, 0.3) is 22.9 Å². The highest BCUT2D eigenvalue weighted by Gasteiger charge is 2.20. The number of ether oxygens (including phenoxy) is 1. The Bertz CT molecular complexity index is 1410. The van der Waals surface area contributed by atoms with Gasteiger partial charge < -0.3 is 25.0 Å². The number of aromatic nitrogens is 4. The van der Waals surface area contributed by atoms with Crippen LogP contribution < -0.4 is 15.1 Å². The van der Waals surface area contributed by atoms with Crippen LogP contribution in [0.1, 0.15) is 5.56 Å². The zero-order valence-corrected chi connectivity index (χ0v) is 20.9. The molecule has 1 aromatic carbocycles. The molecule has 1 aliphatic heterocycles. The molecule has 0 spiro atoms. The van der Waals surface area contributed by atoms with Crippen LogP contribution in [0.3, 0.4) is 0 Å². The van der Waals surface area contributed by atoms with Gasteiger partial charge in [-0.2, -0.15) is 0 Å². The molecule has 5 rings (SSSR count). The molecule has 4 heterocycles. The molecule has 0 radical (unpaired) electrons. The number of anilines is 4. The summed E-state index contributed by atoms with van der Waals surface area (Å²) in [6.45, 7) is 4.13. The minimum absolute atomic E-state index is 0.175. The van der Waals surface area contributed by atoms with Crippen molar-refractivity contribution in [3.05, 3.63) is 66.2 Å². The van der Waals surface area contributed by atoms with Crippen LogP contribution in [0.5, 0.6) is 5.75 Å². The minimum atomic E-state index is -0.464. The number of hydrogen-bond acceptors (Lipinski definition) is 9. The van der Waals surface area contributed by atoms with Gasteiger partial charge in [-0.05, 0) is 36.8 Å². The van der Waals surface area contributed by atoms with Crippen molar-refractivity contribution in [1.82, 2.24) is 19.9 Å². The van der Waals surface area contributed by atoms with Crippen LogP contribution in [-0.4, -0.2) is 65.4 Å². The smallest absolute Gasteiger partial charge is 0.183 e. The number of rotatable bonds is 6. The van der Waals surface area contributed by atoms with E-state index in [9.17, 15) is 9.50 Å². The molecule has 0 unspecified atom stereocenters. The Kier molecular flexibility index (Phi) is 6.82. The van der Waals surface area contributed by atoms with Crippen molar-refractivity contribution >= 4 is 22.9 Å². The van der Waals surface area contributed by atoms with Crippen molar-refractivity contribution in [2.24, 2.45) is 0 Å². The maximum absolute atomic E-state index is 14.5. The van der Waals surface area contributed by atoms with E-state index in [4.69, 9.17) is 9.72 Å². The van der Waals surface area contributed by atoms with Gasteiger partial charge in [0.15, 0.2) is 17.5 Å². The van der Waals surface area contributed by atoms with E-state index in [-0.39, 0.29) is 11.6 Å². The number of nitrogens with one attached hydrogen (secondary N) is 1. The molecule has 0 saturated carbocycles. The second kappa shape index (κ2) is 10.4. The van der Waals surface area contributed by atoms with Gasteiger partial charge in [-0.25, -0.2) is 19.3 Å². The summed E-state index contributed by atoms with van der Waals surface area (Å²) in [7, 11) is 3.83. The van der Waals surface area contributed by atoms with Gasteiger partial charge in [0, 0.05) is 50.7 Å². The first-order valence-corrected chi connectivity index (χ1v) is 12.0. The van der Waals surface area contributed by atoms with Crippen molar-refractivity contribution < 1.29 is 14.2 Å². The van der Waals surface area contributed by atoms with Gasteiger partial charge in [-0.3, -0.25) is 4.98 Å². The second-order valence-electron chi connectivity index (χ2n) is 9.02. The summed E-state index contributed by atoms with van der Waals surface area (Å²) in [6, 6.07) is 12.9. The van der Waals surface area contributed by atoms with Gasteiger partial charge in [-0.15, -0.1) is 0 Å². The monoisotopic (exact) mass is 501 g/mol. The Labute approximate surface area is 214 Å². The zero-order valence-electron chi connectivity index (χ0n) is 20.9. The predicted octanol–water partition coefficient (Wildman–Crippen LogP) is 4.40. The molecule has 1 saturated heterocycles. The summed E-state index contributed by atoms with van der Waals surface area (Å²) in [5.74, 6) is 0.335. The molecule has 10 heteroatoms. The van der Waals surface area contributed by atoms with Crippen molar-refractivity contribution in [3.8, 4) is 28.7 Å². The van der Waals surface area contributed by atoms with E-state index in [0.717, 1.165) is 22.6 Å². The highest BCUT2D eigenvalue weighted by atomic mass is 19.1. The average Bonchev–Trinajstić information content (AvgIpc) is 2.90. The molecule has 0 aliphatic carbocycles. The number of aryl methyl sites for hydroxylation is 1. The van der Waals surface area contributed by atoms with Crippen molar-refractivity contribution in [2.75, 3.05) is 55.5 Å². The highest BCUT2D eigenvalue weighted by molar-refractivity contribution is 5.69. The summed E-state index contributed by atoms with van der Waals surface area (Å²) in [6.07, 6.45) is 2.91. The Morgan fingerprint density at radius 1 is 0.946 bits per heavy atom. The lowest BCUT2D eigenvalue weighted by molar-refractivity contribution is 0.122. The molecule has 1 aliphatic rings. The maximum Gasteiger partial charge on any atom is 0.183 e. The first-order chi connectivity index (χ1) is 17.9. The van der Waals surface area contributed by atoms with E-state index >= 15 is 0 Å². The standard InChI is InChI=1S/C27H28FN7O2/c1-17-4-6-24(32-25(17)26-30-16-22(28)27(33-26)35-8-10-37-11-9-35)23-7-5-18(15-29-23)31-19-12-20(34(2)3)14-21(36)13-19/h4-7,12-16,31,36H,8-11H2,1-3H3. The molecule has 1 fully saturated rings. The van der Waals surface area contributed by atoms with E-state index in [2.05, 4.69) is 20.3 Å². The lowest BCUT2D eigenvalue weighted by atomic mass is 10.1. The fraction of sp³-hybridized carbons (Fsp3) is 0.259. The van der Waals surface area contributed by atoms with E-state index in [0.29, 0.717) is 49.2 Å². The number of nitrogens with zero attached hydrogens (tertiary/aromatic N) is 6. The molecular weight excluding hydrogens is 473 g/mol. The zero-order chi connectivity index (χ0) is 25.9. The quantitative estimate of drug-likeness (QED) is 0.398. The predicted molar refractivity (Wildman–Crippen MR) is 142 cm³/mol. The lowest BCUT2D eigenvalue weighted by Crippen LogP contribution is -2.37. The number of halogens is 1. The fourth-order valence-electron chi connectivity index (χ4n) is 4.08. The molecule has 37 heavy (non-hydrogen) atoms. The van der Waals surface area contributed by atoms with Crippen LogP contribution in [0.2, 0.25) is 0 Å². The average molecular weight is 502 g/mol. The second-order valence-corrected chi connectivity index (χ2v) is 9.02. The van der Waals surface area contributed by atoms with E-state index < -0.39 is 5.82 Å². The lowest BCUT2D eigenvalue weighted by Gasteiger charge is -2.28. The van der Waals surface area contributed by atoms with Gasteiger partial charge >= 0.3 is 0 Å². The number of pyridine rings is 2. The van der Waals surface area contributed by atoms with Gasteiger partial charge in [0.25, 0.3) is 0 Å². The molecule has 190 valence electrons. The molecule has 0 atom stereocenters. The summed E-state index contributed by atoms with van der Waals surface area (Å²) in [5, 5.41) is 13.3. The topological polar surface area (TPSA) is 99.5 Å². The number of benzene rings is 1. The summed E-state index contributed by atoms with van der Waals surface area (Å²) >= 11 is 0. The number of phenolic OH excluding ortho intramolecular Hbond substituents is 1. The van der Waals surface area contributed by atoms with Crippen LogP contribution >= 0.6 is 0 Å². The summed E-state index contributed by atoms with van der Waals surface area (Å²) < 4.78 is 19.9. The first-order valence-electron chi connectivity index (χ1n) is 12.0. The third-order valence-corrected chi connectivity index (χ3v) is 6.08. The molecule has 2 N–H and O–H groups in total. The molecule has 9 nitrogen and oxygen atoms in total. The maximum atomic E-state index is 14.5. The van der Waals surface area contributed by atoms with Crippen LogP contribution in [0, 0.1) is 12.7 Å². The number of phenols is 1. The van der Waals surface area contributed by atoms with Gasteiger partial charge in [-0.1, -0.05) is 6.07 Å². The van der Waals surface area contributed by atoms with E-state index in [1.165, 1.54) is 6.20 Å². The third-order valence-electron chi connectivity index (χ3n) is 6.08. The molecule has 0 bridgehead atoms. The van der Waals surface area contributed by atoms with Crippen molar-refractivity contribution in [1.29, 1.82) is 0 Å². The highest BCUT2D eigenvalue weighted by Crippen LogP contribution is 2.29.